The number of aliphatic hydroxyl groups is 5. The Morgan fingerprint density at radius 2 is 1.67 bits per heavy atom. The summed E-state index contributed by atoms with van der Waals surface area (Å²) in [5, 5.41) is 43.1. The van der Waals surface area contributed by atoms with Crippen molar-refractivity contribution in [3.8, 4) is 0 Å². The molecular formula is C6H12O6. The normalized spacial score (nSPS) is 18.4. The third-order valence-corrected chi connectivity index (χ3v) is 1.39. The summed E-state index contributed by atoms with van der Waals surface area (Å²) in [6.45, 7) is -1.69. The van der Waals surface area contributed by atoms with Gasteiger partial charge in [-0.3, -0.25) is 4.79 Å². The van der Waals surface area contributed by atoms with Gasteiger partial charge >= 0.3 is 0 Å². The van der Waals surface area contributed by atoms with Gasteiger partial charge in [-0.2, -0.15) is 0 Å². The van der Waals surface area contributed by atoms with Crippen molar-refractivity contribution in [1.82, 2.24) is 0 Å². The Balaban J connectivity index is 4.08. The zero-order chi connectivity index (χ0) is 9.72. The monoisotopic (exact) mass is 186 g/mol. The number of carbonyl (C=O) groups is 1. The van der Waals surface area contributed by atoms with E-state index in [0.29, 0.717) is 0 Å². The lowest BCUT2D eigenvalue weighted by molar-refractivity contribution is -0.142. The molecule has 0 aliphatic heterocycles. The minimum absolute atomic E-state index is 0.767. The molecule has 3 unspecified atom stereocenters. The molecule has 0 aliphatic carbocycles. The molecular weight excluding hydrogens is 174 g/mol. The molecule has 0 heterocycles. The topological polar surface area (TPSA) is 118 Å². The number of rotatable bonds is 5. The van der Waals surface area contributed by atoms with Crippen LogP contribution >= 0.6 is 0 Å². The van der Waals surface area contributed by atoms with Gasteiger partial charge in [0.05, 0.1) is 6.61 Å². The Bertz CT molecular complexity index is 147. The second-order valence-corrected chi connectivity index (χ2v) is 2.31. The Kier molecular flexibility index (Phi) is 4.95. The zero-order valence-corrected chi connectivity index (χ0v) is 6.29. The molecule has 12 heavy (non-hydrogen) atoms. The first-order valence-electron chi connectivity index (χ1n) is 3.33. The molecule has 3 atom stereocenters. The van der Waals surface area contributed by atoms with Crippen LogP contribution in [0.25, 0.3) is 0 Å². The second-order valence-electron chi connectivity index (χ2n) is 2.31. The number of aliphatic hydroxyl groups excluding tert-OH is 5. The average molecular weight is 186 g/mol. The van der Waals surface area contributed by atoms with Crippen molar-refractivity contribution in [3.05, 3.63) is 0 Å². The summed E-state index contributed by atoms with van der Waals surface area (Å²) in [4.78, 5) is 10.5. The average Bonchev–Trinajstić information content (AvgIpc) is 2.12. The highest BCUT2D eigenvalue weighted by Crippen LogP contribution is 2.00. The maximum Gasteiger partial charge on any atom is 0.189 e. The lowest BCUT2D eigenvalue weighted by Gasteiger charge is -2.19. The summed E-state index contributed by atoms with van der Waals surface area (Å²) in [5.41, 5.74) is 0. The van der Waals surface area contributed by atoms with E-state index in [4.69, 9.17) is 25.5 Å². The van der Waals surface area contributed by atoms with Crippen LogP contribution in [0, 0.1) is 0 Å². The molecule has 0 aliphatic rings. The maximum atomic E-state index is 10.5. The predicted octanol–water partition coefficient (Wildman–Crippen LogP) is -3.38. The van der Waals surface area contributed by atoms with Crippen molar-refractivity contribution in [2.45, 2.75) is 18.3 Å². The van der Waals surface area contributed by atoms with Gasteiger partial charge < -0.3 is 25.5 Å². The van der Waals surface area contributed by atoms with Gasteiger partial charge in [-0.1, -0.05) is 0 Å². The lowest BCUT2D eigenvalue weighted by atomic mass is 11.0. The van der Waals surface area contributed by atoms with E-state index in [1.807, 2.05) is 0 Å². The Morgan fingerprint density at radius 1 is 1.17 bits per heavy atom. The van der Waals surface area contributed by atoms with Crippen LogP contribution in [-0.2, 0) is 4.79 Å². The Hall–Kier alpha value is -0.530. The molecule has 6 heteroatoms. The molecule has 72 valence electrons. The largest absolute Gasteiger partial charge is 0.394 e. The first-order chi connectivity index (χ1) is 5.54. The van der Waals surface area contributed by atoms with E-state index in [1.165, 1.54) is 0 Å². The highest BCUT2D eigenvalue weighted by molar-refractivity contribution is 5.84. The van der Waals surface area contributed by atoms with Crippen LogP contribution in [0.4, 0.5) is 0 Å². The van der Waals surface area contributed by atoms with Crippen molar-refractivity contribution in [3.63, 3.8) is 0 Å². The summed E-state index contributed by atoms with van der Waals surface area (Å²) in [7, 11) is 0. The molecule has 5 N–H and O–H groups in total. The van der Waals surface area contributed by atoms with Crippen molar-refractivity contribution >= 4 is 5.78 Å². The fourth-order valence-corrected chi connectivity index (χ4v) is 0.602. The van der Waals surface area contributed by atoms with E-state index < -0.39 is 37.3 Å². The van der Waals surface area contributed by atoms with Crippen molar-refractivity contribution in [2.75, 3.05) is 13.2 Å². The fraction of sp³-hybridized carbons (Fsp3) is 0.833. The minimum Gasteiger partial charge on any atom is -0.394 e. The summed E-state index contributed by atoms with van der Waals surface area (Å²) in [5.74, 6) is -1.00. The van der Waals surface area contributed by atoms with Crippen LogP contribution in [0.5, 0.6) is 0 Å². The van der Waals surface area contributed by atoms with Crippen molar-refractivity contribution in [1.29, 1.82) is 0 Å². The summed E-state index contributed by atoms with van der Waals surface area (Å²) in [6, 6.07) is 0. The molecule has 0 spiro atoms. The first-order valence-corrected chi connectivity index (χ1v) is 3.33. The van der Waals surface area contributed by atoms with Gasteiger partial charge in [0.15, 0.2) is 5.78 Å². The molecule has 0 bridgehead atoms. The predicted molar refractivity (Wildman–Crippen MR) is 37.2 cm³/mol. The van der Waals surface area contributed by atoms with Gasteiger partial charge in [0.1, 0.15) is 24.9 Å². The van der Waals surface area contributed by atoms with Gasteiger partial charge in [0.25, 0.3) is 0 Å². The van der Waals surface area contributed by atoms with Crippen LogP contribution in [0.15, 0.2) is 0 Å². The number of carbonyl (C=O) groups excluding carboxylic acids is 1. The Labute approximate surface area is 68.7 Å². The fourth-order valence-electron chi connectivity index (χ4n) is 0.602. The number of ketones is 1. The van der Waals surface area contributed by atoms with E-state index in [2.05, 4.69) is 0 Å². The van der Waals surface area contributed by atoms with Gasteiger partial charge in [-0.05, 0) is 0 Å². The smallest absolute Gasteiger partial charge is 0.189 e. The van der Waals surface area contributed by atoms with Gasteiger partial charge in [0.2, 0.25) is 0 Å². The van der Waals surface area contributed by atoms with E-state index in [0.717, 1.165) is 0 Å². The number of hydrogen-bond acceptors (Lipinski definition) is 6. The van der Waals surface area contributed by atoms with Crippen LogP contribution < -0.4 is 0 Å². The zero-order valence-electron chi connectivity index (χ0n) is 6.29. The van der Waals surface area contributed by atoms with Crippen LogP contribution in [-0.4, -0.2) is 62.8 Å². The highest BCUT2D eigenvalue weighted by Gasteiger charge is 2.28. The second kappa shape index (κ2) is 5.18. The maximum absolute atomic E-state index is 10.5. The van der Waals surface area contributed by atoms with E-state index in [1.54, 1.807) is 0 Å². The third kappa shape index (κ3) is 2.84. The van der Waals surface area contributed by atoms with E-state index in [9.17, 15) is 4.79 Å². The molecule has 0 saturated carbocycles. The molecule has 0 aromatic heterocycles. The van der Waals surface area contributed by atoms with Crippen LogP contribution in [0.2, 0.25) is 0 Å². The Morgan fingerprint density at radius 3 is 2.00 bits per heavy atom. The van der Waals surface area contributed by atoms with Crippen molar-refractivity contribution in [2.24, 2.45) is 0 Å². The molecule has 0 aromatic carbocycles. The SMILES string of the molecule is O=[13C]([13CH2]O)[13CH](O)[13CH](O)[13CH](O)[13CH2]O. The molecule has 0 rings (SSSR count). The van der Waals surface area contributed by atoms with Crippen LogP contribution in [0.3, 0.4) is 0 Å². The van der Waals surface area contributed by atoms with Gasteiger partial charge in [-0.25, -0.2) is 0 Å². The summed E-state index contributed by atoms with van der Waals surface area (Å²) in [6.07, 6.45) is -5.22. The number of hydrogen-bond donors (Lipinski definition) is 5. The van der Waals surface area contributed by atoms with Gasteiger partial charge in [-0.15, -0.1) is 0 Å². The minimum atomic E-state index is -1.86. The summed E-state index contributed by atoms with van der Waals surface area (Å²) >= 11 is 0. The lowest BCUT2D eigenvalue weighted by Crippen LogP contribution is -2.44. The number of Topliss-reactive ketones (excluding diaryl/α,β-unsaturated/α-hetero) is 1. The standard InChI is InChI=1S/C6H12O6/c7-1-3(9)5(11)6(12)4(10)2-8/h3,5-9,11-12H,1-2H2/i1+1,2+1,3+1,4+1,5+1,6+1. The molecule has 6 nitrogen and oxygen atoms in total. The summed E-state index contributed by atoms with van der Waals surface area (Å²) < 4.78 is 0. The van der Waals surface area contributed by atoms with Crippen LogP contribution in [0.1, 0.15) is 0 Å². The van der Waals surface area contributed by atoms with Gasteiger partial charge in [0, 0.05) is 0 Å². The first kappa shape index (κ1) is 11.5. The van der Waals surface area contributed by atoms with E-state index in [-0.39, 0.29) is 0 Å². The third-order valence-electron chi connectivity index (χ3n) is 1.39. The molecule has 0 radical (unpaired) electrons. The van der Waals surface area contributed by atoms with Crippen molar-refractivity contribution < 1.29 is 30.3 Å². The molecule has 0 amide bonds. The quantitative estimate of drug-likeness (QED) is 0.286. The molecule has 0 saturated heterocycles. The molecule has 0 fully saturated rings. The van der Waals surface area contributed by atoms with E-state index >= 15 is 0 Å². The molecule has 0 aromatic rings. The highest BCUT2D eigenvalue weighted by atomic mass is 16.6.